The molecule has 158 valence electrons. The average Bonchev–Trinajstić information content (AvgIpc) is 3.07. The summed E-state index contributed by atoms with van der Waals surface area (Å²) in [7, 11) is 0. The molecule has 7 nitrogen and oxygen atoms in total. The molecule has 1 aromatic carbocycles. The quantitative estimate of drug-likeness (QED) is 0.694. The van der Waals surface area contributed by atoms with Gasteiger partial charge in [0.15, 0.2) is 0 Å². The molecule has 0 radical (unpaired) electrons. The van der Waals surface area contributed by atoms with Gasteiger partial charge in [-0.05, 0) is 30.0 Å². The van der Waals surface area contributed by atoms with Gasteiger partial charge in [-0.1, -0.05) is 39.3 Å². The summed E-state index contributed by atoms with van der Waals surface area (Å²) in [4.78, 5) is 14.3. The van der Waals surface area contributed by atoms with Crippen molar-refractivity contribution < 1.29 is 19.4 Å². The van der Waals surface area contributed by atoms with Crippen LogP contribution in [-0.2, 0) is 11.2 Å². The van der Waals surface area contributed by atoms with Gasteiger partial charge in [-0.25, -0.2) is 9.48 Å². The number of carbonyl (C=O) groups is 1. The molecule has 0 aliphatic carbocycles. The predicted molar refractivity (Wildman–Crippen MR) is 111 cm³/mol. The minimum Gasteiger partial charge on any atom is -0.477 e. The van der Waals surface area contributed by atoms with Gasteiger partial charge in [0.2, 0.25) is 5.88 Å². The molecule has 1 fully saturated rings. The predicted octanol–water partition coefficient (Wildman–Crippen LogP) is 3.36. The number of rotatable bonds is 9. The summed E-state index contributed by atoms with van der Waals surface area (Å²) in [5.41, 5.74) is 2.76. The van der Waals surface area contributed by atoms with Gasteiger partial charge < -0.3 is 14.6 Å². The van der Waals surface area contributed by atoms with Crippen LogP contribution in [0.25, 0.3) is 5.69 Å². The number of aromatic carboxylic acids is 1. The van der Waals surface area contributed by atoms with Crippen molar-refractivity contribution in [2.75, 3.05) is 39.5 Å². The van der Waals surface area contributed by atoms with Crippen molar-refractivity contribution >= 4 is 5.97 Å². The Labute approximate surface area is 172 Å². The van der Waals surface area contributed by atoms with Gasteiger partial charge in [0.25, 0.3) is 0 Å². The highest BCUT2D eigenvalue weighted by Gasteiger charge is 2.25. The van der Waals surface area contributed by atoms with Crippen LogP contribution in [0.3, 0.4) is 0 Å². The van der Waals surface area contributed by atoms with E-state index in [0.29, 0.717) is 30.5 Å². The maximum Gasteiger partial charge on any atom is 0.343 e. The highest BCUT2D eigenvalue weighted by Crippen LogP contribution is 2.28. The fourth-order valence-electron chi connectivity index (χ4n) is 3.48. The number of aryl methyl sites for hydroxylation is 1. The molecule has 0 saturated carbocycles. The van der Waals surface area contributed by atoms with Crippen molar-refractivity contribution in [1.82, 2.24) is 14.7 Å². The summed E-state index contributed by atoms with van der Waals surface area (Å²) < 4.78 is 13.0. The smallest absolute Gasteiger partial charge is 0.343 e. The van der Waals surface area contributed by atoms with E-state index in [0.717, 1.165) is 45.0 Å². The number of carboxylic acid groups (broad SMARTS) is 1. The van der Waals surface area contributed by atoms with E-state index in [-0.39, 0.29) is 5.56 Å². The highest BCUT2D eigenvalue weighted by molar-refractivity contribution is 5.92. The van der Waals surface area contributed by atoms with Crippen LogP contribution < -0.4 is 4.74 Å². The summed E-state index contributed by atoms with van der Waals surface area (Å²) in [5, 5.41) is 14.4. The fourth-order valence-corrected chi connectivity index (χ4v) is 3.48. The lowest BCUT2D eigenvalue weighted by Crippen LogP contribution is -2.38. The van der Waals surface area contributed by atoms with Gasteiger partial charge in [-0.15, -0.1) is 0 Å². The zero-order valence-electron chi connectivity index (χ0n) is 17.6. The molecule has 0 atom stereocenters. The van der Waals surface area contributed by atoms with Crippen LogP contribution >= 0.6 is 0 Å². The Kier molecular flexibility index (Phi) is 7.28. The summed E-state index contributed by atoms with van der Waals surface area (Å²) in [6.07, 6.45) is 1.41. The van der Waals surface area contributed by atoms with Gasteiger partial charge >= 0.3 is 5.97 Å². The maximum atomic E-state index is 12.0. The first-order chi connectivity index (χ1) is 14.0. The molecule has 0 amide bonds. The van der Waals surface area contributed by atoms with E-state index in [9.17, 15) is 9.90 Å². The minimum atomic E-state index is -1.00. The van der Waals surface area contributed by atoms with E-state index in [1.54, 1.807) is 4.68 Å². The van der Waals surface area contributed by atoms with Crippen LogP contribution in [0.1, 0.15) is 54.7 Å². The van der Waals surface area contributed by atoms with Gasteiger partial charge in [0.05, 0.1) is 24.6 Å². The zero-order chi connectivity index (χ0) is 20.8. The van der Waals surface area contributed by atoms with Gasteiger partial charge in [-0.3, -0.25) is 4.90 Å². The minimum absolute atomic E-state index is 0.168. The molecule has 0 bridgehead atoms. The Morgan fingerprint density at radius 1 is 1.24 bits per heavy atom. The van der Waals surface area contributed by atoms with Crippen molar-refractivity contribution in [2.45, 2.75) is 39.5 Å². The average molecular weight is 402 g/mol. The number of nitrogens with zero attached hydrogens (tertiary/aromatic N) is 3. The topological polar surface area (TPSA) is 76.8 Å². The second-order valence-corrected chi connectivity index (χ2v) is 7.64. The van der Waals surface area contributed by atoms with Crippen LogP contribution in [0.5, 0.6) is 5.88 Å². The molecule has 1 saturated heterocycles. The molecule has 7 heteroatoms. The molecule has 2 heterocycles. The Morgan fingerprint density at radius 3 is 2.52 bits per heavy atom. The lowest BCUT2D eigenvalue weighted by molar-refractivity contribution is 0.0317. The van der Waals surface area contributed by atoms with Crippen LogP contribution in [0.2, 0.25) is 0 Å². The molecule has 1 N–H and O–H groups in total. The molecule has 29 heavy (non-hydrogen) atoms. The van der Waals surface area contributed by atoms with Crippen molar-refractivity contribution in [3.8, 4) is 11.6 Å². The number of hydrogen-bond acceptors (Lipinski definition) is 5. The number of carboxylic acids is 1. The van der Waals surface area contributed by atoms with E-state index in [4.69, 9.17) is 9.47 Å². The molecule has 2 aromatic rings. The van der Waals surface area contributed by atoms with Crippen LogP contribution in [0.4, 0.5) is 0 Å². The number of aromatic nitrogens is 2. The van der Waals surface area contributed by atoms with Crippen LogP contribution in [0.15, 0.2) is 24.3 Å². The summed E-state index contributed by atoms with van der Waals surface area (Å²) in [5.74, 6) is -0.262. The molecule has 1 aliphatic rings. The molecule has 0 spiro atoms. The monoisotopic (exact) mass is 401 g/mol. The largest absolute Gasteiger partial charge is 0.477 e. The second-order valence-electron chi connectivity index (χ2n) is 7.64. The first-order valence-corrected chi connectivity index (χ1v) is 10.4. The highest BCUT2D eigenvalue weighted by atomic mass is 16.5. The van der Waals surface area contributed by atoms with Crippen molar-refractivity contribution in [3.05, 3.63) is 41.1 Å². The molecular weight excluding hydrogens is 370 g/mol. The Bertz CT molecular complexity index is 808. The first kappa shape index (κ1) is 21.3. The van der Waals surface area contributed by atoms with E-state index in [2.05, 4.69) is 36.0 Å². The lowest BCUT2D eigenvalue weighted by Gasteiger charge is -2.26. The summed E-state index contributed by atoms with van der Waals surface area (Å²) in [6.45, 7) is 10.6. The van der Waals surface area contributed by atoms with Crippen LogP contribution in [-0.4, -0.2) is 65.2 Å². The SMILES string of the molecule is CCCc1nn(-c2ccc(C(C)C)cc2)c(OCCN2CCOCC2)c1C(=O)O. The fraction of sp³-hybridized carbons (Fsp3) is 0.545. The molecule has 3 rings (SSSR count). The Balaban J connectivity index is 1.88. The van der Waals surface area contributed by atoms with Gasteiger partial charge in [0, 0.05) is 19.6 Å². The van der Waals surface area contributed by atoms with E-state index < -0.39 is 5.97 Å². The normalized spacial score (nSPS) is 15.0. The van der Waals surface area contributed by atoms with E-state index in [1.807, 2.05) is 19.1 Å². The number of ether oxygens (including phenoxy) is 2. The van der Waals surface area contributed by atoms with E-state index in [1.165, 1.54) is 5.56 Å². The Hall–Kier alpha value is -2.38. The third-order valence-corrected chi connectivity index (χ3v) is 5.17. The zero-order valence-corrected chi connectivity index (χ0v) is 17.6. The summed E-state index contributed by atoms with van der Waals surface area (Å²) >= 11 is 0. The van der Waals surface area contributed by atoms with E-state index >= 15 is 0 Å². The van der Waals surface area contributed by atoms with Gasteiger partial charge in [0.1, 0.15) is 12.2 Å². The molecule has 1 aliphatic heterocycles. The molecule has 0 unspecified atom stereocenters. The number of morpholine rings is 1. The number of benzene rings is 1. The standard InChI is InChI=1S/C22H31N3O4/c1-4-5-19-20(22(26)27)21(29-15-12-24-10-13-28-14-11-24)25(23-19)18-8-6-17(7-9-18)16(2)3/h6-9,16H,4-5,10-15H2,1-3H3,(H,26,27). The third-order valence-electron chi connectivity index (χ3n) is 5.17. The first-order valence-electron chi connectivity index (χ1n) is 10.4. The molecule has 1 aromatic heterocycles. The lowest BCUT2D eigenvalue weighted by atomic mass is 10.0. The second kappa shape index (κ2) is 9.89. The van der Waals surface area contributed by atoms with Gasteiger partial charge in [-0.2, -0.15) is 5.10 Å². The van der Waals surface area contributed by atoms with Crippen LogP contribution in [0, 0.1) is 0 Å². The molecular formula is C22H31N3O4. The number of hydrogen-bond donors (Lipinski definition) is 1. The van der Waals surface area contributed by atoms with Crippen molar-refractivity contribution in [2.24, 2.45) is 0 Å². The Morgan fingerprint density at radius 2 is 1.93 bits per heavy atom. The third kappa shape index (κ3) is 5.16. The summed E-state index contributed by atoms with van der Waals surface area (Å²) in [6, 6.07) is 8.05. The maximum absolute atomic E-state index is 12.0. The van der Waals surface area contributed by atoms with Crippen molar-refractivity contribution in [1.29, 1.82) is 0 Å². The van der Waals surface area contributed by atoms with Crippen molar-refractivity contribution in [3.63, 3.8) is 0 Å².